The number of halogens is 6. The predicted molar refractivity (Wildman–Crippen MR) is 86.4 cm³/mol. The first-order valence-electron chi connectivity index (χ1n) is 6.75. The van der Waals surface area contributed by atoms with Crippen molar-refractivity contribution < 1.29 is 67.6 Å². The fraction of sp³-hybridized carbons (Fsp3) is 1.00. The maximum Gasteiger partial charge on any atom is 3.00 e. The van der Waals surface area contributed by atoms with E-state index in [2.05, 4.69) is 0 Å². The van der Waals surface area contributed by atoms with Crippen LogP contribution in [0.4, 0.5) is 26.3 Å². The molecule has 18 heteroatoms. The minimum absolute atomic E-state index is 0. The Bertz CT molecular complexity index is 494. The van der Waals surface area contributed by atoms with Crippen molar-refractivity contribution in [3.8, 4) is 0 Å². The Labute approximate surface area is 176 Å². The summed E-state index contributed by atoms with van der Waals surface area (Å²) >= 11 is 0. The van der Waals surface area contributed by atoms with Gasteiger partial charge in [0, 0.05) is 0 Å². The van der Waals surface area contributed by atoms with Gasteiger partial charge < -0.3 is 15.3 Å². The van der Waals surface area contributed by atoms with E-state index in [1.165, 1.54) is 0 Å². The van der Waals surface area contributed by atoms with E-state index in [0.717, 1.165) is 0 Å². The number of alkyl halides is 6. The van der Waals surface area contributed by atoms with Crippen molar-refractivity contribution in [2.45, 2.75) is 70.9 Å². The van der Waals surface area contributed by atoms with E-state index in [1.54, 1.807) is 41.5 Å². The summed E-state index contributed by atoms with van der Waals surface area (Å²) in [6, 6.07) is 0. The van der Waals surface area contributed by atoms with Gasteiger partial charge in [0.2, 0.25) is 0 Å². The zero-order valence-corrected chi connectivity index (χ0v) is 18.9. The molecule has 0 spiro atoms. The zero-order valence-electron chi connectivity index (χ0n) is 16.1. The Morgan fingerprint density at radius 3 is 0.621 bits per heavy atom. The second kappa shape index (κ2) is 18.6. The molecule has 0 bridgehead atoms. The molecular weight excluding hydrogens is 481 g/mol. The maximum absolute atomic E-state index is 10.7. The topological polar surface area (TPSA) is 178 Å². The van der Waals surface area contributed by atoms with Crippen LogP contribution in [-0.4, -0.2) is 72.6 Å². The van der Waals surface area contributed by atoms with Crippen LogP contribution in [0.25, 0.3) is 0 Å². The first-order valence-corrected chi connectivity index (χ1v) is 9.63. The Morgan fingerprint density at radius 1 is 0.586 bits per heavy atom. The van der Waals surface area contributed by atoms with Crippen molar-refractivity contribution >= 4 is 37.6 Å². The summed E-state index contributed by atoms with van der Waals surface area (Å²) in [7, 11) is -11.7. The van der Waals surface area contributed by atoms with Crippen LogP contribution < -0.4 is 15.3 Å². The van der Waals surface area contributed by atoms with Crippen molar-refractivity contribution in [1.29, 1.82) is 0 Å². The molecule has 29 heavy (non-hydrogen) atoms. The van der Waals surface area contributed by atoms with Gasteiger partial charge in [-0.2, -0.15) is 43.2 Å². The average molecular weight is 504 g/mol. The van der Waals surface area contributed by atoms with Gasteiger partial charge in [-0.25, -0.2) is 0 Å². The summed E-state index contributed by atoms with van der Waals surface area (Å²) in [5.41, 5.74) is -11.1. The van der Waals surface area contributed by atoms with E-state index in [0.29, 0.717) is 0 Å². The van der Waals surface area contributed by atoms with E-state index in [-0.39, 0.29) is 17.4 Å². The SMILES string of the molecule is CC(C)[O-].CC(C)[O-].CC(C)[O-].O=S(=O)(O)C(F)(F)F.O=S(=O)(O)C(F)(F)F.[Al+3]. The van der Waals surface area contributed by atoms with Crippen molar-refractivity contribution in [3.05, 3.63) is 0 Å². The molecule has 0 aromatic rings. The molecule has 0 aliphatic rings. The molecule has 0 saturated heterocycles. The molecule has 0 aromatic carbocycles. The summed E-state index contributed by atoms with van der Waals surface area (Å²) in [6.07, 6.45) is -1.25. The fourth-order valence-electron chi connectivity index (χ4n) is 0. The molecule has 0 heterocycles. The Balaban J connectivity index is -0.0000000590. The molecule has 0 aliphatic carbocycles. The number of rotatable bonds is 0. The molecule has 0 rings (SSSR count). The van der Waals surface area contributed by atoms with Crippen molar-refractivity contribution in [1.82, 2.24) is 0 Å². The van der Waals surface area contributed by atoms with Crippen molar-refractivity contribution in [2.75, 3.05) is 0 Å². The summed E-state index contributed by atoms with van der Waals surface area (Å²) in [6.45, 7) is 9.67. The maximum atomic E-state index is 10.7. The van der Waals surface area contributed by atoms with E-state index in [9.17, 15) is 41.7 Å². The van der Waals surface area contributed by atoms with Gasteiger partial charge in [-0.15, -0.1) is 18.3 Å². The van der Waals surface area contributed by atoms with Crippen LogP contribution in [0.1, 0.15) is 41.5 Å². The number of hydrogen-bond donors (Lipinski definition) is 2. The van der Waals surface area contributed by atoms with Crippen molar-refractivity contribution in [3.63, 3.8) is 0 Å². The molecule has 2 N–H and O–H groups in total. The van der Waals surface area contributed by atoms with Gasteiger partial charge in [-0.3, -0.25) is 9.11 Å². The summed E-state index contributed by atoms with van der Waals surface area (Å²) in [5, 5.41) is 28.6. The first kappa shape index (κ1) is 42.8. The Hall–Kier alpha value is -0.188. The summed E-state index contributed by atoms with van der Waals surface area (Å²) < 4.78 is 115. The molecule has 0 unspecified atom stereocenters. The van der Waals surface area contributed by atoms with Crippen LogP contribution in [-0.2, 0) is 20.2 Å². The van der Waals surface area contributed by atoms with Gasteiger partial charge >= 0.3 is 48.6 Å². The molecule has 0 radical (unpaired) electrons. The van der Waals surface area contributed by atoms with Crippen LogP contribution >= 0.6 is 0 Å². The largest absolute Gasteiger partial charge is 3.00 e. The van der Waals surface area contributed by atoms with E-state index in [4.69, 9.17) is 25.9 Å². The van der Waals surface area contributed by atoms with Gasteiger partial charge in [0.25, 0.3) is 0 Å². The van der Waals surface area contributed by atoms with Crippen LogP contribution in [0.3, 0.4) is 0 Å². The smallest absolute Gasteiger partial charge is 0.852 e. The second-order valence-corrected chi connectivity index (χ2v) is 7.81. The Kier molecular flexibility index (Phi) is 27.4. The van der Waals surface area contributed by atoms with Crippen molar-refractivity contribution in [2.24, 2.45) is 0 Å². The third-order valence-corrected chi connectivity index (χ3v) is 1.75. The molecule has 178 valence electrons. The van der Waals surface area contributed by atoms with E-state index in [1.807, 2.05) is 0 Å². The van der Waals surface area contributed by atoms with E-state index < -0.39 is 49.6 Å². The Morgan fingerprint density at radius 2 is 0.621 bits per heavy atom. The van der Waals surface area contributed by atoms with Gasteiger partial charge in [0.05, 0.1) is 0 Å². The molecule has 0 aromatic heterocycles. The molecule has 0 amide bonds. The minimum Gasteiger partial charge on any atom is -0.852 e. The normalized spacial score (nSPS) is 11.4. The summed E-state index contributed by atoms with van der Waals surface area (Å²) in [4.78, 5) is 0. The average Bonchev–Trinajstić information content (AvgIpc) is 2.20. The zero-order chi connectivity index (χ0) is 24.7. The van der Waals surface area contributed by atoms with Crippen LogP contribution in [0, 0.1) is 0 Å². The predicted octanol–water partition coefficient (Wildman–Crippen LogP) is -0.327. The minimum atomic E-state index is -5.84. The standard InChI is InChI=1S/3C3H7O.2CHF3O3S.Al/c3*1-3(2)4;2*2-1(3,4)8(5,6)7;/h3*3H,1-2H3;2*(H,5,6,7);/q3*-1;;;+3. The first-order chi connectivity index (χ1) is 11.7. The molecule has 0 saturated carbocycles. The monoisotopic (exact) mass is 504 g/mol. The second-order valence-electron chi connectivity index (χ2n) is 4.99. The fourth-order valence-corrected chi connectivity index (χ4v) is 0. The van der Waals surface area contributed by atoms with Gasteiger partial charge in [0.15, 0.2) is 0 Å². The third-order valence-electron chi connectivity index (χ3n) is 0.585. The quantitative estimate of drug-likeness (QED) is 0.193. The number of hydrogen-bond acceptors (Lipinski definition) is 7. The molecule has 9 nitrogen and oxygen atoms in total. The van der Waals surface area contributed by atoms with Crippen LogP contribution in [0.5, 0.6) is 0 Å². The molecule has 0 fully saturated rings. The molecule has 0 aliphatic heterocycles. The van der Waals surface area contributed by atoms with Gasteiger partial charge in [0.1, 0.15) is 0 Å². The molecule has 0 atom stereocenters. The molecular formula is C11H23AlF6O9S2. The van der Waals surface area contributed by atoms with Crippen LogP contribution in [0.2, 0.25) is 0 Å². The summed E-state index contributed by atoms with van der Waals surface area (Å²) in [5.74, 6) is 0. The van der Waals surface area contributed by atoms with Crippen LogP contribution in [0.15, 0.2) is 0 Å². The van der Waals surface area contributed by atoms with E-state index >= 15 is 0 Å². The van der Waals surface area contributed by atoms with Gasteiger partial charge in [-0.05, 0) is 0 Å². The third kappa shape index (κ3) is 58.4. The van der Waals surface area contributed by atoms with Gasteiger partial charge in [-0.1, -0.05) is 41.5 Å².